The Balaban J connectivity index is 1.26. The maximum absolute atomic E-state index is 12.4. The average molecular weight is 442 g/mol. The molecular weight excluding hydrogens is 414 g/mol. The Kier molecular flexibility index (Phi) is 5.78. The van der Waals surface area contributed by atoms with Gasteiger partial charge in [0.1, 0.15) is 16.6 Å². The lowest BCUT2D eigenvalue weighted by Crippen LogP contribution is -2.47. The molecule has 8 nitrogen and oxygen atoms in total. The molecule has 3 aliphatic rings. The lowest BCUT2D eigenvalue weighted by atomic mass is 9.85. The van der Waals surface area contributed by atoms with Crippen molar-refractivity contribution in [3.05, 3.63) is 23.6 Å². The predicted octanol–water partition coefficient (Wildman–Crippen LogP) is 3.21. The van der Waals surface area contributed by atoms with Gasteiger partial charge < -0.3 is 20.3 Å². The van der Waals surface area contributed by atoms with E-state index >= 15 is 0 Å². The number of amides is 3. The second-order valence-corrected chi connectivity index (χ2v) is 9.31. The smallest absolute Gasteiger partial charge is 0.320 e. The summed E-state index contributed by atoms with van der Waals surface area (Å²) in [6, 6.07) is 5.76. The van der Waals surface area contributed by atoms with Gasteiger partial charge in [-0.1, -0.05) is 6.42 Å². The Bertz CT molecular complexity index is 968. The third-order valence-corrected chi connectivity index (χ3v) is 7.08. The number of hydrogen-bond acceptors (Lipinski definition) is 6. The molecule has 9 heteroatoms. The highest BCUT2D eigenvalue weighted by Gasteiger charge is 2.30. The van der Waals surface area contributed by atoms with Gasteiger partial charge in [-0.3, -0.25) is 10.1 Å². The van der Waals surface area contributed by atoms with Crippen LogP contribution in [0.25, 0.3) is 10.6 Å². The lowest BCUT2D eigenvalue weighted by Gasteiger charge is -2.35. The zero-order chi connectivity index (χ0) is 21.2. The molecular formula is C22H27N5O3S. The van der Waals surface area contributed by atoms with Crippen LogP contribution < -0.4 is 25.6 Å². The van der Waals surface area contributed by atoms with E-state index < -0.39 is 0 Å². The van der Waals surface area contributed by atoms with Crippen molar-refractivity contribution < 1.29 is 14.3 Å². The Labute approximate surface area is 185 Å². The molecule has 164 valence electrons. The van der Waals surface area contributed by atoms with E-state index in [0.717, 1.165) is 48.7 Å². The molecule has 1 atom stereocenters. The first-order chi connectivity index (χ1) is 15.2. The van der Waals surface area contributed by atoms with E-state index in [1.165, 1.54) is 30.6 Å². The maximum atomic E-state index is 12.4. The molecule has 2 fully saturated rings. The summed E-state index contributed by atoms with van der Waals surface area (Å²) in [6.45, 7) is 2.65. The average Bonchev–Trinajstić information content (AvgIpc) is 3.20. The van der Waals surface area contributed by atoms with Crippen molar-refractivity contribution in [2.75, 3.05) is 36.5 Å². The summed E-state index contributed by atoms with van der Waals surface area (Å²) < 4.78 is 5.72. The Morgan fingerprint density at radius 1 is 1.29 bits per heavy atom. The molecule has 1 aromatic heterocycles. The van der Waals surface area contributed by atoms with E-state index in [0.29, 0.717) is 17.5 Å². The number of aromatic nitrogens is 1. The van der Waals surface area contributed by atoms with Gasteiger partial charge in [0.15, 0.2) is 6.61 Å². The van der Waals surface area contributed by atoms with E-state index in [1.54, 1.807) is 0 Å². The minimum atomic E-state index is -0.232. The van der Waals surface area contributed by atoms with Gasteiger partial charge >= 0.3 is 6.03 Å². The molecule has 3 heterocycles. The number of urea groups is 1. The van der Waals surface area contributed by atoms with Crippen molar-refractivity contribution in [3.63, 3.8) is 0 Å². The summed E-state index contributed by atoms with van der Waals surface area (Å²) in [7, 11) is 0. The number of piperidine rings is 1. The molecule has 0 unspecified atom stereocenters. The van der Waals surface area contributed by atoms with Crippen LogP contribution in [0, 0.1) is 5.92 Å². The number of thiazole rings is 1. The van der Waals surface area contributed by atoms with E-state index in [9.17, 15) is 9.59 Å². The number of hydrogen-bond donors (Lipinski definition) is 3. The van der Waals surface area contributed by atoms with Crippen LogP contribution >= 0.6 is 11.3 Å². The van der Waals surface area contributed by atoms with Gasteiger partial charge in [-0.25, -0.2) is 9.78 Å². The molecule has 0 bridgehead atoms. The van der Waals surface area contributed by atoms with Crippen LogP contribution in [-0.4, -0.2) is 49.2 Å². The number of fused-ring (bicyclic) bond motifs is 1. The molecule has 1 saturated heterocycles. The fourth-order valence-corrected chi connectivity index (χ4v) is 5.00. The largest absolute Gasteiger partial charge is 0.482 e. The van der Waals surface area contributed by atoms with Gasteiger partial charge in [0.25, 0.3) is 5.91 Å². The normalized spacial score (nSPS) is 21.1. The van der Waals surface area contributed by atoms with Crippen LogP contribution in [0.3, 0.4) is 0 Å². The van der Waals surface area contributed by atoms with Gasteiger partial charge in [-0.2, -0.15) is 0 Å². The number of rotatable bonds is 5. The van der Waals surface area contributed by atoms with Crippen molar-refractivity contribution >= 4 is 34.8 Å². The molecule has 0 spiro atoms. The Morgan fingerprint density at radius 3 is 2.97 bits per heavy atom. The van der Waals surface area contributed by atoms with Crippen molar-refractivity contribution in [2.45, 2.75) is 38.1 Å². The van der Waals surface area contributed by atoms with Crippen molar-refractivity contribution in [1.29, 1.82) is 0 Å². The van der Waals surface area contributed by atoms with Crippen molar-refractivity contribution in [2.24, 2.45) is 5.92 Å². The first-order valence-corrected chi connectivity index (χ1v) is 11.8. The monoisotopic (exact) mass is 441 g/mol. The molecule has 1 aromatic carbocycles. The van der Waals surface area contributed by atoms with Crippen molar-refractivity contribution in [1.82, 2.24) is 15.6 Å². The zero-order valence-corrected chi connectivity index (χ0v) is 18.2. The summed E-state index contributed by atoms with van der Waals surface area (Å²) >= 11 is 1.46. The van der Waals surface area contributed by atoms with Crippen LogP contribution in [0.1, 0.15) is 32.1 Å². The SMILES string of the molecule is O=C(Nc1csc(-c2ccc3c(c2)OCC(=O)N3CC2CCC2)n1)N[C@H]1CCCNC1. The maximum Gasteiger partial charge on any atom is 0.320 e. The first-order valence-electron chi connectivity index (χ1n) is 11.0. The number of anilines is 2. The third kappa shape index (κ3) is 4.52. The van der Waals surface area contributed by atoms with E-state index in [4.69, 9.17) is 4.74 Å². The van der Waals surface area contributed by atoms with Crippen LogP contribution in [-0.2, 0) is 4.79 Å². The Hall–Kier alpha value is -2.65. The van der Waals surface area contributed by atoms with E-state index in [1.807, 2.05) is 28.5 Å². The third-order valence-electron chi connectivity index (χ3n) is 6.19. The van der Waals surface area contributed by atoms with Gasteiger partial charge in [-0.05, 0) is 56.3 Å². The second-order valence-electron chi connectivity index (χ2n) is 8.45. The van der Waals surface area contributed by atoms with E-state index in [-0.39, 0.29) is 24.6 Å². The minimum absolute atomic E-state index is 0.0204. The number of ether oxygens (including phenoxy) is 1. The van der Waals surface area contributed by atoms with E-state index in [2.05, 4.69) is 20.9 Å². The summed E-state index contributed by atoms with van der Waals surface area (Å²) in [4.78, 5) is 31.1. The number of carbonyl (C=O) groups excluding carboxylic acids is 2. The minimum Gasteiger partial charge on any atom is -0.482 e. The van der Waals surface area contributed by atoms with Crippen LogP contribution in [0.2, 0.25) is 0 Å². The quantitative estimate of drug-likeness (QED) is 0.662. The van der Waals surface area contributed by atoms with Crippen LogP contribution in [0.4, 0.5) is 16.3 Å². The lowest BCUT2D eigenvalue weighted by molar-refractivity contribution is -0.121. The molecule has 3 N–H and O–H groups in total. The number of nitrogens with one attached hydrogen (secondary N) is 3. The van der Waals surface area contributed by atoms with Gasteiger partial charge in [0.05, 0.1) is 5.69 Å². The molecule has 31 heavy (non-hydrogen) atoms. The number of nitrogens with zero attached hydrogens (tertiary/aromatic N) is 2. The second kappa shape index (κ2) is 8.84. The topological polar surface area (TPSA) is 95.6 Å². The molecule has 1 aliphatic carbocycles. The number of carbonyl (C=O) groups is 2. The van der Waals surface area contributed by atoms with Gasteiger partial charge in [0.2, 0.25) is 0 Å². The van der Waals surface area contributed by atoms with Crippen LogP contribution in [0.5, 0.6) is 5.75 Å². The molecule has 1 saturated carbocycles. The molecule has 2 aromatic rings. The van der Waals surface area contributed by atoms with Crippen LogP contribution in [0.15, 0.2) is 23.6 Å². The summed E-state index contributed by atoms with van der Waals surface area (Å²) in [6.07, 6.45) is 5.69. The first kappa shape index (κ1) is 20.3. The summed E-state index contributed by atoms with van der Waals surface area (Å²) in [5.41, 5.74) is 1.74. The standard InChI is InChI=1S/C22H27N5O3S/c28-20-12-30-18-9-15(6-7-17(18)27(20)11-14-3-1-4-14)21-25-19(13-31-21)26-22(29)24-16-5-2-8-23-10-16/h6-7,9,13-14,16,23H,1-5,8,10-12H2,(H2,24,26,29)/t16-/m0/s1. The highest BCUT2D eigenvalue weighted by molar-refractivity contribution is 7.13. The predicted molar refractivity (Wildman–Crippen MR) is 121 cm³/mol. The van der Waals surface area contributed by atoms with Gasteiger partial charge in [-0.15, -0.1) is 11.3 Å². The Morgan fingerprint density at radius 2 is 2.19 bits per heavy atom. The van der Waals surface area contributed by atoms with Crippen molar-refractivity contribution in [3.8, 4) is 16.3 Å². The molecule has 3 amide bonds. The highest BCUT2D eigenvalue weighted by Crippen LogP contribution is 2.39. The molecule has 2 aliphatic heterocycles. The summed E-state index contributed by atoms with van der Waals surface area (Å²) in [5, 5.41) is 11.7. The zero-order valence-electron chi connectivity index (χ0n) is 17.4. The fourth-order valence-electron chi connectivity index (χ4n) is 4.25. The number of benzene rings is 1. The fraction of sp³-hybridized carbons (Fsp3) is 0.500. The summed E-state index contributed by atoms with van der Waals surface area (Å²) in [5.74, 6) is 1.86. The molecule has 0 radical (unpaired) electrons. The van der Waals surface area contributed by atoms with Gasteiger partial charge in [0, 0.05) is 30.1 Å². The molecule has 5 rings (SSSR count). The highest BCUT2D eigenvalue weighted by atomic mass is 32.1.